The highest BCUT2D eigenvalue weighted by Gasteiger charge is 2.30. The van der Waals surface area contributed by atoms with Crippen LogP contribution >= 0.6 is 0 Å². The van der Waals surface area contributed by atoms with Crippen molar-refractivity contribution in [2.24, 2.45) is 0 Å². The predicted molar refractivity (Wildman–Crippen MR) is 83.6 cm³/mol. The molecule has 0 bridgehead atoms. The summed E-state index contributed by atoms with van der Waals surface area (Å²) in [5.41, 5.74) is 4.53. The first-order chi connectivity index (χ1) is 7.55. The molecule has 1 nitrogen and oxygen atoms in total. The van der Waals surface area contributed by atoms with E-state index in [-0.39, 0.29) is 20.6 Å². The number of rotatable bonds is 5. The van der Waals surface area contributed by atoms with Crippen LogP contribution in [0.3, 0.4) is 0 Å². The minimum absolute atomic E-state index is 0.0446. The van der Waals surface area contributed by atoms with Crippen LogP contribution in [0, 0.1) is 0 Å². The van der Waals surface area contributed by atoms with Crippen molar-refractivity contribution in [2.45, 2.75) is 78.9 Å². The molecule has 0 N–H and O–H groups in total. The normalized spacial score (nSPS) is 13.7. The first kappa shape index (κ1) is 16.9. The van der Waals surface area contributed by atoms with Crippen molar-refractivity contribution in [3.8, 4) is 0 Å². The molecule has 102 valence electrons. The third kappa shape index (κ3) is 7.77. The molecular weight excluding hydrogens is 222 g/mol. The Bertz CT molecular complexity index is 225. The van der Waals surface area contributed by atoms with Gasteiger partial charge >= 0.3 is 0 Å². The summed E-state index contributed by atoms with van der Waals surface area (Å²) in [7, 11) is 0.0446. The molecule has 0 amide bonds. The van der Waals surface area contributed by atoms with Gasteiger partial charge in [0.15, 0.2) is 0 Å². The number of nitrogens with zero attached hydrogens (tertiary/aromatic N) is 1. The molecule has 0 saturated heterocycles. The van der Waals surface area contributed by atoms with Crippen LogP contribution < -0.4 is 0 Å². The molecular formula is C15H33NSi. The van der Waals surface area contributed by atoms with Gasteiger partial charge in [0.05, 0.1) is 0 Å². The second kappa shape index (κ2) is 6.74. The molecule has 0 spiro atoms. The van der Waals surface area contributed by atoms with E-state index in [4.69, 9.17) is 0 Å². The van der Waals surface area contributed by atoms with E-state index in [1.54, 1.807) is 0 Å². The molecule has 0 aliphatic heterocycles. The largest absolute Gasteiger partial charge is 0.294 e. The summed E-state index contributed by atoms with van der Waals surface area (Å²) in [6, 6.07) is 1.44. The Hall–Kier alpha value is -0.0831. The van der Waals surface area contributed by atoms with Crippen LogP contribution in [0.4, 0.5) is 0 Å². The smallest absolute Gasteiger partial charge is 0.0453 e. The van der Waals surface area contributed by atoms with Gasteiger partial charge in [-0.15, -0.1) is 5.70 Å². The SMILES string of the molecule is CC(C)=C[SiH2]CCCN(C(C)(C)C)C(C)(C)C. The molecule has 0 fully saturated rings. The van der Waals surface area contributed by atoms with Crippen LogP contribution in [0.1, 0.15) is 61.8 Å². The fourth-order valence-electron chi connectivity index (χ4n) is 2.48. The van der Waals surface area contributed by atoms with Crippen LogP contribution in [0.2, 0.25) is 6.04 Å². The summed E-state index contributed by atoms with van der Waals surface area (Å²) in [4.78, 5) is 2.64. The summed E-state index contributed by atoms with van der Waals surface area (Å²) in [5, 5.41) is 0. The molecule has 0 aliphatic carbocycles. The molecule has 0 aromatic heterocycles. The summed E-state index contributed by atoms with van der Waals surface area (Å²) >= 11 is 0. The van der Waals surface area contributed by atoms with Crippen LogP contribution in [-0.4, -0.2) is 32.0 Å². The van der Waals surface area contributed by atoms with Gasteiger partial charge in [0.25, 0.3) is 0 Å². The molecule has 0 aliphatic rings. The molecule has 0 aromatic rings. The third-order valence-corrected chi connectivity index (χ3v) is 5.02. The van der Waals surface area contributed by atoms with Crippen molar-refractivity contribution in [1.82, 2.24) is 4.90 Å². The maximum atomic E-state index is 2.64. The Morgan fingerprint density at radius 3 is 1.82 bits per heavy atom. The minimum atomic E-state index is 0.0446. The van der Waals surface area contributed by atoms with E-state index in [0.717, 1.165) is 0 Å². The summed E-state index contributed by atoms with van der Waals surface area (Å²) in [5.74, 6) is 0. The van der Waals surface area contributed by atoms with E-state index in [1.807, 2.05) is 0 Å². The van der Waals surface area contributed by atoms with Crippen molar-refractivity contribution in [2.75, 3.05) is 6.54 Å². The monoisotopic (exact) mass is 255 g/mol. The quantitative estimate of drug-likeness (QED) is 0.534. The highest BCUT2D eigenvalue weighted by atomic mass is 28.2. The van der Waals surface area contributed by atoms with Crippen molar-refractivity contribution in [1.29, 1.82) is 0 Å². The van der Waals surface area contributed by atoms with Crippen molar-refractivity contribution < 1.29 is 0 Å². The molecule has 17 heavy (non-hydrogen) atoms. The molecule has 0 saturated carbocycles. The molecule has 0 rings (SSSR count). The Morgan fingerprint density at radius 1 is 1.00 bits per heavy atom. The van der Waals surface area contributed by atoms with E-state index in [2.05, 4.69) is 66.0 Å². The zero-order chi connectivity index (χ0) is 13.7. The van der Waals surface area contributed by atoms with Crippen LogP contribution in [-0.2, 0) is 0 Å². The van der Waals surface area contributed by atoms with Gasteiger partial charge in [-0.3, -0.25) is 4.90 Å². The zero-order valence-corrected chi connectivity index (χ0v) is 14.8. The fraction of sp³-hybridized carbons (Fsp3) is 0.867. The Labute approximate surface area is 111 Å². The standard InChI is InChI=1S/C15H33NSi/c1-13(2)12-17-11-9-10-16(14(3,4)5)15(6,7)8/h12H,9-11,17H2,1-8H3. The molecule has 2 heteroatoms. The molecule has 0 heterocycles. The molecule has 0 atom stereocenters. The van der Waals surface area contributed by atoms with E-state index < -0.39 is 0 Å². The Morgan fingerprint density at radius 2 is 1.47 bits per heavy atom. The lowest BCUT2D eigenvalue weighted by Gasteiger charge is -2.45. The molecule has 0 radical (unpaired) electrons. The average molecular weight is 256 g/mol. The first-order valence-corrected chi connectivity index (χ1v) is 8.78. The molecule has 0 unspecified atom stereocenters. The number of hydrogen-bond donors (Lipinski definition) is 0. The summed E-state index contributed by atoms with van der Waals surface area (Å²) < 4.78 is 0. The van der Waals surface area contributed by atoms with Gasteiger partial charge in [0, 0.05) is 20.6 Å². The third-order valence-electron chi connectivity index (χ3n) is 3.01. The van der Waals surface area contributed by atoms with Gasteiger partial charge in [-0.2, -0.15) is 0 Å². The second-order valence-corrected chi connectivity index (χ2v) is 8.96. The summed E-state index contributed by atoms with van der Waals surface area (Å²) in [6.45, 7) is 19.6. The van der Waals surface area contributed by atoms with Gasteiger partial charge < -0.3 is 0 Å². The van der Waals surface area contributed by atoms with Crippen molar-refractivity contribution in [3.63, 3.8) is 0 Å². The highest BCUT2D eigenvalue weighted by Crippen LogP contribution is 2.24. The maximum Gasteiger partial charge on any atom is 0.0453 e. The Balaban J connectivity index is 4.17. The van der Waals surface area contributed by atoms with E-state index in [0.29, 0.717) is 0 Å². The predicted octanol–water partition coefficient (Wildman–Crippen LogP) is 3.79. The van der Waals surface area contributed by atoms with Crippen LogP contribution in [0.25, 0.3) is 0 Å². The van der Waals surface area contributed by atoms with Gasteiger partial charge in [-0.1, -0.05) is 11.6 Å². The van der Waals surface area contributed by atoms with Crippen LogP contribution in [0.15, 0.2) is 11.3 Å². The topological polar surface area (TPSA) is 3.24 Å². The van der Waals surface area contributed by atoms with Gasteiger partial charge in [0.2, 0.25) is 0 Å². The highest BCUT2D eigenvalue weighted by molar-refractivity contribution is 6.42. The minimum Gasteiger partial charge on any atom is -0.294 e. The average Bonchev–Trinajstić information content (AvgIpc) is 2.05. The maximum absolute atomic E-state index is 2.64. The van der Waals surface area contributed by atoms with E-state index >= 15 is 0 Å². The van der Waals surface area contributed by atoms with Gasteiger partial charge in [-0.25, -0.2) is 0 Å². The van der Waals surface area contributed by atoms with E-state index in [9.17, 15) is 0 Å². The summed E-state index contributed by atoms with van der Waals surface area (Å²) in [6.07, 6.45) is 1.35. The number of hydrogen-bond acceptors (Lipinski definition) is 1. The lowest BCUT2D eigenvalue weighted by Crippen LogP contribution is -2.52. The lowest BCUT2D eigenvalue weighted by molar-refractivity contribution is 0.0387. The van der Waals surface area contributed by atoms with Gasteiger partial charge in [0.1, 0.15) is 0 Å². The zero-order valence-electron chi connectivity index (χ0n) is 13.4. The van der Waals surface area contributed by atoms with Crippen LogP contribution in [0.5, 0.6) is 0 Å². The fourth-order valence-corrected chi connectivity index (χ4v) is 3.78. The number of allylic oxidation sites excluding steroid dienone is 1. The second-order valence-electron chi connectivity index (χ2n) is 7.27. The van der Waals surface area contributed by atoms with Gasteiger partial charge in [-0.05, 0) is 68.4 Å². The van der Waals surface area contributed by atoms with Crippen molar-refractivity contribution >= 4 is 9.52 Å². The Kier molecular flexibility index (Phi) is 6.71. The molecule has 0 aromatic carbocycles. The van der Waals surface area contributed by atoms with Crippen molar-refractivity contribution in [3.05, 3.63) is 11.3 Å². The lowest BCUT2D eigenvalue weighted by atomic mass is 9.96. The first-order valence-electron chi connectivity index (χ1n) is 6.96. The van der Waals surface area contributed by atoms with E-state index in [1.165, 1.54) is 24.6 Å².